The Balaban J connectivity index is -0.0000000383. The molecule has 0 aliphatic carbocycles. The summed E-state index contributed by atoms with van der Waals surface area (Å²) in [6.07, 6.45) is -1.83. The largest absolute Gasteiger partial charge is 1.00 e. The number of carbonyl (C=O) groups is 1. The van der Waals surface area contributed by atoms with E-state index >= 15 is 0 Å². The van der Waals surface area contributed by atoms with Crippen LogP contribution in [0.3, 0.4) is 0 Å². The molecule has 0 aliphatic heterocycles. The van der Waals surface area contributed by atoms with E-state index in [0.29, 0.717) is 0 Å². The molecule has 4 N–H and O–H groups in total. The monoisotopic (exact) mass is 184 g/mol. The van der Waals surface area contributed by atoms with Gasteiger partial charge in [0.25, 0.3) is 0 Å². The minimum atomic E-state index is -4.67. The third-order valence-electron chi connectivity index (χ3n) is 0. The Labute approximate surface area is 80.0 Å². The van der Waals surface area contributed by atoms with Gasteiger partial charge in [0.15, 0.2) is 0 Å². The Bertz CT molecular complexity index is 161. The van der Waals surface area contributed by atoms with Crippen LogP contribution in [0.4, 0.5) is 4.79 Å². The maximum absolute atomic E-state index is 8.74. The molecule has 0 aromatic heterocycles. The normalized spacial score (nSPS) is 8.20. The molecular formula is CH5NaO7S. The zero-order valence-corrected chi connectivity index (χ0v) is 7.74. The molecule has 0 aliphatic rings. The van der Waals surface area contributed by atoms with E-state index in [9.17, 15) is 0 Å². The number of hydrogen-bond acceptors (Lipinski definition) is 3. The Morgan fingerprint density at radius 2 is 1.20 bits per heavy atom. The first kappa shape index (κ1) is 16.6. The molecule has 0 spiro atoms. The van der Waals surface area contributed by atoms with Crippen molar-refractivity contribution in [3.05, 3.63) is 0 Å². The molecule has 0 aromatic carbocycles. The Morgan fingerprint density at radius 1 is 1.20 bits per heavy atom. The van der Waals surface area contributed by atoms with E-state index in [1.807, 2.05) is 0 Å². The van der Waals surface area contributed by atoms with Crippen molar-refractivity contribution in [3.8, 4) is 0 Å². The fourth-order valence-corrected chi connectivity index (χ4v) is 0. The molecule has 0 unspecified atom stereocenters. The summed E-state index contributed by atoms with van der Waals surface area (Å²) in [7, 11) is -4.67. The smallest absolute Gasteiger partial charge is 1.00 e. The van der Waals surface area contributed by atoms with E-state index in [1.165, 1.54) is 0 Å². The summed E-state index contributed by atoms with van der Waals surface area (Å²) in [5, 5.41) is 13.9. The average molecular weight is 184 g/mol. The molecule has 0 radical (unpaired) electrons. The molecule has 0 heterocycles. The molecule has 0 rings (SSSR count). The van der Waals surface area contributed by atoms with Gasteiger partial charge in [0.2, 0.25) is 0 Å². The summed E-state index contributed by atoms with van der Waals surface area (Å²) in [6, 6.07) is 0. The first-order valence-corrected chi connectivity index (χ1v) is 2.75. The predicted molar refractivity (Wildman–Crippen MR) is 25.9 cm³/mol. The molecule has 0 amide bonds. The molecule has 0 saturated carbocycles. The van der Waals surface area contributed by atoms with E-state index in [4.69, 9.17) is 32.5 Å². The molecule has 0 atom stereocenters. The molecule has 58 valence electrons. The van der Waals surface area contributed by atoms with Crippen molar-refractivity contribution >= 4 is 16.6 Å². The number of carboxylic acid groups (broad SMARTS) is 2. The summed E-state index contributed by atoms with van der Waals surface area (Å²) >= 11 is 0. The molecule has 0 aromatic rings. The second-order valence-corrected chi connectivity index (χ2v) is 1.63. The van der Waals surface area contributed by atoms with Crippen molar-refractivity contribution in [2.75, 3.05) is 0 Å². The first-order valence-electron chi connectivity index (χ1n) is 1.35. The number of rotatable bonds is 0. The van der Waals surface area contributed by atoms with Gasteiger partial charge in [0.1, 0.15) is 0 Å². The topological polar surface area (TPSA) is 132 Å². The Kier molecular flexibility index (Phi) is 12.0. The van der Waals surface area contributed by atoms with Crippen molar-refractivity contribution in [3.63, 3.8) is 0 Å². The predicted octanol–water partition coefficient (Wildman–Crippen LogP) is -3.31. The van der Waals surface area contributed by atoms with Crippen LogP contribution in [0.15, 0.2) is 0 Å². The van der Waals surface area contributed by atoms with E-state index in [2.05, 4.69) is 0 Å². The third kappa shape index (κ3) is 21200. The molecule has 0 fully saturated rings. The summed E-state index contributed by atoms with van der Waals surface area (Å²) in [5.74, 6) is 0. The zero-order valence-electron chi connectivity index (χ0n) is 5.92. The fourth-order valence-electron chi connectivity index (χ4n) is 0. The van der Waals surface area contributed by atoms with Gasteiger partial charge in [0.05, 0.1) is 0 Å². The summed E-state index contributed by atoms with van der Waals surface area (Å²) in [6.45, 7) is 0. The SMILES string of the molecule is O=C(O)O.O=S(=O)(O)O.[H-].[Na+]. The zero-order chi connectivity index (χ0) is 8.08. The van der Waals surface area contributed by atoms with Crippen LogP contribution < -0.4 is 29.6 Å². The molecule has 7 nitrogen and oxygen atoms in total. The summed E-state index contributed by atoms with van der Waals surface area (Å²) in [5.41, 5.74) is 0. The molecular weight excluding hydrogens is 179 g/mol. The quantitative estimate of drug-likeness (QED) is 0.229. The number of hydrogen-bond donors (Lipinski definition) is 4. The van der Waals surface area contributed by atoms with Gasteiger partial charge in [-0.25, -0.2) is 4.79 Å². The van der Waals surface area contributed by atoms with Crippen LogP contribution >= 0.6 is 0 Å². The second-order valence-electron chi connectivity index (χ2n) is 0.730. The maximum Gasteiger partial charge on any atom is 1.00 e. The minimum Gasteiger partial charge on any atom is -1.00 e. The standard InChI is InChI=1S/CH2O3.Na.H2O4S.H/c2-1(3)4;;1-5(2,3)4;/h(H2,2,3,4);;(H2,1,2,3,4);/q;+1;;-1. The van der Waals surface area contributed by atoms with Crippen LogP contribution in [0.1, 0.15) is 1.43 Å². The van der Waals surface area contributed by atoms with Gasteiger partial charge in [-0.2, -0.15) is 8.42 Å². The van der Waals surface area contributed by atoms with Gasteiger partial charge < -0.3 is 11.6 Å². The van der Waals surface area contributed by atoms with Crippen LogP contribution in [-0.2, 0) is 10.4 Å². The van der Waals surface area contributed by atoms with Gasteiger partial charge in [-0.1, -0.05) is 0 Å². The van der Waals surface area contributed by atoms with Crippen molar-refractivity contribution in [2.45, 2.75) is 0 Å². The van der Waals surface area contributed by atoms with Gasteiger partial charge in [-0.3, -0.25) is 9.11 Å². The maximum atomic E-state index is 8.74. The Morgan fingerprint density at radius 3 is 1.20 bits per heavy atom. The van der Waals surface area contributed by atoms with E-state index in [0.717, 1.165) is 0 Å². The molecule has 10 heavy (non-hydrogen) atoms. The van der Waals surface area contributed by atoms with Crippen molar-refractivity contribution in [1.82, 2.24) is 0 Å². The minimum absolute atomic E-state index is 0. The van der Waals surface area contributed by atoms with E-state index in [-0.39, 0.29) is 31.0 Å². The van der Waals surface area contributed by atoms with Crippen LogP contribution in [0.25, 0.3) is 0 Å². The second kappa shape index (κ2) is 7.25. The average Bonchev–Trinajstić information content (AvgIpc) is 1.19. The van der Waals surface area contributed by atoms with Gasteiger partial charge in [-0.15, -0.1) is 0 Å². The molecule has 0 saturated heterocycles. The molecule has 0 bridgehead atoms. The first-order chi connectivity index (χ1) is 3.73. The van der Waals surface area contributed by atoms with E-state index < -0.39 is 16.6 Å². The van der Waals surface area contributed by atoms with Crippen molar-refractivity contribution in [2.24, 2.45) is 0 Å². The van der Waals surface area contributed by atoms with Crippen molar-refractivity contribution < 1.29 is 63.5 Å². The van der Waals surface area contributed by atoms with E-state index in [1.54, 1.807) is 0 Å². The van der Waals surface area contributed by atoms with Crippen molar-refractivity contribution in [1.29, 1.82) is 0 Å². The molecule has 9 heteroatoms. The van der Waals surface area contributed by atoms with Crippen LogP contribution in [0.2, 0.25) is 0 Å². The van der Waals surface area contributed by atoms with Crippen LogP contribution in [0, 0.1) is 0 Å². The van der Waals surface area contributed by atoms with Gasteiger partial charge in [-0.05, 0) is 0 Å². The van der Waals surface area contributed by atoms with Gasteiger partial charge >= 0.3 is 46.1 Å². The third-order valence-corrected chi connectivity index (χ3v) is 0. The fraction of sp³-hybridized carbons (Fsp3) is 0. The Hall–Kier alpha value is 0.140. The summed E-state index contributed by atoms with van der Waals surface area (Å²) in [4.78, 5) is 8.56. The van der Waals surface area contributed by atoms with Crippen LogP contribution in [-0.4, -0.2) is 33.9 Å². The van der Waals surface area contributed by atoms with Gasteiger partial charge in [0, 0.05) is 0 Å². The van der Waals surface area contributed by atoms with Crippen LogP contribution in [0.5, 0.6) is 0 Å². The summed E-state index contributed by atoms with van der Waals surface area (Å²) < 4.78 is 31.6.